The van der Waals surface area contributed by atoms with Crippen molar-refractivity contribution in [3.05, 3.63) is 67.1 Å². The van der Waals surface area contributed by atoms with E-state index in [1.54, 1.807) is 23.2 Å². The molecule has 3 N–H and O–H groups in total. The van der Waals surface area contributed by atoms with Crippen LogP contribution in [0.5, 0.6) is 11.6 Å². The topological polar surface area (TPSA) is 132 Å². The van der Waals surface area contributed by atoms with Gasteiger partial charge in [0.25, 0.3) is 0 Å². The molecule has 0 aliphatic carbocycles. The first-order chi connectivity index (χ1) is 17.6. The number of aliphatic hydroxyl groups is 1. The minimum absolute atomic E-state index is 0.0177. The molecule has 4 aromatic rings. The number of ether oxygens (including phenoxy) is 1. The minimum Gasteiger partial charge on any atom is -0.439 e. The number of piperidine rings is 1. The van der Waals surface area contributed by atoms with Gasteiger partial charge in [0.2, 0.25) is 11.8 Å². The fraction of sp³-hybridized carbons (Fsp3) is 0.269. The van der Waals surface area contributed by atoms with Crippen LogP contribution in [0.3, 0.4) is 0 Å². The van der Waals surface area contributed by atoms with Gasteiger partial charge in [0.05, 0.1) is 11.4 Å². The fourth-order valence-electron chi connectivity index (χ4n) is 4.36. The molecule has 0 radical (unpaired) electrons. The monoisotopic (exact) mass is 485 g/mol. The molecule has 5 rings (SSSR count). The Morgan fingerprint density at radius 2 is 2.03 bits per heavy atom. The molecule has 36 heavy (non-hydrogen) atoms. The van der Waals surface area contributed by atoms with Gasteiger partial charge in [-0.1, -0.05) is 24.3 Å². The Morgan fingerprint density at radius 3 is 2.81 bits per heavy atom. The summed E-state index contributed by atoms with van der Waals surface area (Å²) in [6.45, 7) is 1.20. The normalized spacial score (nSPS) is 16.0. The molecule has 4 heterocycles. The van der Waals surface area contributed by atoms with E-state index in [1.165, 1.54) is 12.4 Å². The Balaban J connectivity index is 1.44. The van der Waals surface area contributed by atoms with Crippen LogP contribution < -0.4 is 10.5 Å². The second-order valence-corrected chi connectivity index (χ2v) is 8.55. The Bertz CT molecular complexity index is 1370. The van der Waals surface area contributed by atoms with Gasteiger partial charge in [-0.3, -0.25) is 4.79 Å². The van der Waals surface area contributed by atoms with E-state index in [4.69, 9.17) is 20.7 Å². The van der Waals surface area contributed by atoms with Crippen LogP contribution in [0.15, 0.2) is 67.1 Å². The molecular weight excluding hydrogens is 458 g/mol. The van der Waals surface area contributed by atoms with Crippen molar-refractivity contribution in [2.75, 3.05) is 25.4 Å². The average Bonchev–Trinajstić information content (AvgIpc) is 3.31. The van der Waals surface area contributed by atoms with E-state index in [1.807, 2.05) is 41.1 Å². The number of para-hydroxylation sites is 1. The van der Waals surface area contributed by atoms with Crippen molar-refractivity contribution in [1.29, 1.82) is 0 Å². The molecule has 1 aliphatic heterocycles. The molecule has 1 saturated heterocycles. The molecule has 1 atom stereocenters. The van der Waals surface area contributed by atoms with Gasteiger partial charge >= 0.3 is 0 Å². The summed E-state index contributed by atoms with van der Waals surface area (Å²) in [5.41, 5.74) is 8.28. The maximum Gasteiger partial charge on any atom is 0.246 e. The highest BCUT2D eigenvalue weighted by atomic mass is 16.5. The Hall–Kier alpha value is -4.31. The van der Waals surface area contributed by atoms with Gasteiger partial charge in [0, 0.05) is 37.5 Å². The van der Waals surface area contributed by atoms with Gasteiger partial charge < -0.3 is 20.5 Å². The maximum absolute atomic E-state index is 12.6. The number of nitrogens with two attached hydrogens (primary N) is 1. The first kappa shape index (κ1) is 23.4. The number of nitrogen functional groups attached to an aromatic ring is 1. The number of likely N-dealkylation sites (tertiary alicyclic amines) is 1. The highest BCUT2D eigenvalue weighted by Crippen LogP contribution is 2.34. The average molecular weight is 486 g/mol. The zero-order valence-electron chi connectivity index (χ0n) is 19.7. The van der Waals surface area contributed by atoms with Crippen LogP contribution in [0.25, 0.3) is 22.3 Å². The lowest BCUT2D eigenvalue weighted by molar-refractivity contribution is -0.127. The van der Waals surface area contributed by atoms with E-state index in [0.717, 1.165) is 18.4 Å². The number of aliphatic hydroxyl groups excluding tert-OH is 1. The second-order valence-electron chi connectivity index (χ2n) is 8.55. The predicted molar refractivity (Wildman–Crippen MR) is 135 cm³/mol. The van der Waals surface area contributed by atoms with E-state index in [9.17, 15) is 4.79 Å². The van der Waals surface area contributed by atoms with Crippen LogP contribution in [-0.4, -0.2) is 60.3 Å². The molecule has 1 aliphatic rings. The second kappa shape index (κ2) is 10.5. The van der Waals surface area contributed by atoms with Crippen LogP contribution in [0.1, 0.15) is 25.3 Å². The van der Waals surface area contributed by atoms with E-state index >= 15 is 0 Å². The molecular formula is C26H27N7O3. The van der Waals surface area contributed by atoms with Crippen LogP contribution in [0.4, 0.5) is 5.82 Å². The number of hydrogen-bond acceptors (Lipinski definition) is 8. The number of hydrogen-bond donors (Lipinski definition) is 2. The van der Waals surface area contributed by atoms with E-state index in [-0.39, 0.29) is 18.6 Å². The summed E-state index contributed by atoms with van der Waals surface area (Å²) >= 11 is 0. The van der Waals surface area contributed by atoms with Crippen LogP contribution in [0, 0.1) is 0 Å². The number of fused-ring (bicyclic) bond motifs is 1. The highest BCUT2D eigenvalue weighted by molar-refractivity contribution is 5.98. The lowest BCUT2D eigenvalue weighted by Gasteiger charge is -2.32. The number of nitrogens with zero attached hydrogens (tertiary/aromatic N) is 6. The van der Waals surface area contributed by atoms with Crippen LogP contribution in [-0.2, 0) is 4.79 Å². The van der Waals surface area contributed by atoms with Crippen molar-refractivity contribution in [3.8, 4) is 22.9 Å². The summed E-state index contributed by atoms with van der Waals surface area (Å²) in [5.74, 6) is 1.43. The Labute approximate surface area is 208 Å². The van der Waals surface area contributed by atoms with Gasteiger partial charge in [0.1, 0.15) is 23.6 Å². The third kappa shape index (κ3) is 4.89. The summed E-state index contributed by atoms with van der Waals surface area (Å²) < 4.78 is 7.66. The molecule has 3 aromatic heterocycles. The third-order valence-corrected chi connectivity index (χ3v) is 6.10. The quantitative estimate of drug-likeness (QED) is 0.381. The molecule has 1 unspecified atom stereocenters. The predicted octanol–water partition coefficient (Wildman–Crippen LogP) is 3.36. The number of carbonyl (C=O) groups excluding carboxylic acids is 1. The van der Waals surface area contributed by atoms with Crippen LogP contribution >= 0.6 is 0 Å². The molecule has 10 heteroatoms. The summed E-state index contributed by atoms with van der Waals surface area (Å²) in [7, 11) is 0. The molecule has 0 spiro atoms. The van der Waals surface area contributed by atoms with Gasteiger partial charge in [-0.2, -0.15) is 5.10 Å². The molecule has 0 saturated carbocycles. The van der Waals surface area contributed by atoms with Crippen molar-refractivity contribution in [2.24, 2.45) is 0 Å². The molecule has 1 aromatic carbocycles. The van der Waals surface area contributed by atoms with Crippen molar-refractivity contribution < 1.29 is 14.6 Å². The largest absolute Gasteiger partial charge is 0.439 e. The van der Waals surface area contributed by atoms with E-state index in [2.05, 4.69) is 15.0 Å². The third-order valence-electron chi connectivity index (χ3n) is 6.10. The van der Waals surface area contributed by atoms with E-state index < -0.39 is 0 Å². The fourth-order valence-corrected chi connectivity index (χ4v) is 4.36. The summed E-state index contributed by atoms with van der Waals surface area (Å²) in [5, 5.41) is 14.5. The highest BCUT2D eigenvalue weighted by Gasteiger charge is 2.28. The summed E-state index contributed by atoms with van der Waals surface area (Å²) in [6, 6.07) is 13.1. The summed E-state index contributed by atoms with van der Waals surface area (Å²) in [4.78, 5) is 27.5. The number of rotatable bonds is 7. The molecule has 10 nitrogen and oxygen atoms in total. The molecule has 1 amide bonds. The SMILES string of the molecule is Nc1ncnc2c1c(-c1ccc(Oc3ccccc3)nc1)nn2C1CCCN(C(=O)C=CCCO)C1. The molecule has 184 valence electrons. The maximum atomic E-state index is 12.6. The number of anilines is 1. The van der Waals surface area contributed by atoms with Gasteiger partial charge in [-0.25, -0.2) is 19.6 Å². The lowest BCUT2D eigenvalue weighted by atomic mass is 10.1. The first-order valence-electron chi connectivity index (χ1n) is 11.9. The van der Waals surface area contributed by atoms with Crippen molar-refractivity contribution in [2.45, 2.75) is 25.3 Å². The molecule has 1 fully saturated rings. The van der Waals surface area contributed by atoms with Crippen LogP contribution in [0.2, 0.25) is 0 Å². The number of aromatic nitrogens is 5. The standard InChI is InChI=1S/C26H27N7O3/c27-25-23-24(18-11-12-21(28-15-18)36-20-8-2-1-3-9-20)31-33(26(23)30-17-29-25)19-7-6-13-32(16-19)22(35)10-4-5-14-34/h1-4,8-12,15,17,19,34H,5-7,13-14,16H2,(H2,27,29,30). The molecule has 0 bridgehead atoms. The Kier molecular flexibility index (Phi) is 6.85. The number of pyridine rings is 1. The number of benzene rings is 1. The smallest absolute Gasteiger partial charge is 0.246 e. The minimum atomic E-state index is -0.0721. The zero-order chi connectivity index (χ0) is 24.9. The van der Waals surface area contributed by atoms with Crippen molar-refractivity contribution >= 4 is 22.8 Å². The van der Waals surface area contributed by atoms with Gasteiger partial charge in [0.15, 0.2) is 5.65 Å². The lowest BCUT2D eigenvalue weighted by Crippen LogP contribution is -2.40. The van der Waals surface area contributed by atoms with E-state index in [0.29, 0.717) is 53.7 Å². The number of amides is 1. The van der Waals surface area contributed by atoms with Crippen molar-refractivity contribution in [3.63, 3.8) is 0 Å². The summed E-state index contributed by atoms with van der Waals surface area (Å²) in [6.07, 6.45) is 8.49. The number of carbonyl (C=O) groups is 1. The first-order valence-corrected chi connectivity index (χ1v) is 11.9. The zero-order valence-corrected chi connectivity index (χ0v) is 19.7. The van der Waals surface area contributed by atoms with Crippen molar-refractivity contribution in [1.82, 2.24) is 29.6 Å². The van der Waals surface area contributed by atoms with Gasteiger partial charge in [-0.15, -0.1) is 0 Å². The Morgan fingerprint density at radius 1 is 1.17 bits per heavy atom. The van der Waals surface area contributed by atoms with Gasteiger partial charge in [-0.05, 0) is 43.5 Å².